The van der Waals surface area contributed by atoms with Crippen molar-refractivity contribution in [3.8, 4) is 5.75 Å². The van der Waals surface area contributed by atoms with Crippen molar-refractivity contribution in [1.82, 2.24) is 10.2 Å². The molecule has 1 fully saturated rings. The molecule has 1 saturated heterocycles. The molecule has 0 aliphatic carbocycles. The van der Waals surface area contributed by atoms with E-state index < -0.39 is 17.8 Å². The number of carbonyl (C=O) groups excluding carboxylic acids is 3. The van der Waals surface area contributed by atoms with Gasteiger partial charge in [0.25, 0.3) is 5.91 Å². The normalized spacial score (nSPS) is 15.0. The van der Waals surface area contributed by atoms with Gasteiger partial charge < -0.3 is 15.4 Å². The summed E-state index contributed by atoms with van der Waals surface area (Å²) in [6, 6.07) is 11.9. The first-order chi connectivity index (χ1) is 13.4. The second-order valence-corrected chi connectivity index (χ2v) is 7.10. The smallest absolute Gasteiger partial charge is 0.329 e. The maximum Gasteiger partial charge on any atom is 0.329 e. The van der Waals surface area contributed by atoms with Crippen molar-refractivity contribution in [2.24, 2.45) is 0 Å². The molecule has 4 amide bonds. The second-order valence-electron chi connectivity index (χ2n) is 6.18. The first kappa shape index (κ1) is 19.6. The van der Waals surface area contributed by atoms with Crippen LogP contribution in [0.2, 0.25) is 0 Å². The Kier molecular flexibility index (Phi) is 5.79. The zero-order valence-corrected chi connectivity index (χ0v) is 16.9. The molecule has 0 unspecified atom stereocenters. The maximum absolute atomic E-state index is 12.6. The van der Waals surface area contributed by atoms with Gasteiger partial charge in [0.05, 0.1) is 7.11 Å². The third-order valence-corrected chi connectivity index (χ3v) is 4.55. The van der Waals surface area contributed by atoms with Crippen molar-refractivity contribution in [2.45, 2.75) is 6.92 Å². The SMILES string of the molecule is COc1ccc(Br)cc1/C=C1/NC(=O)N(CC(=O)Nc2cccc(C)c2)C1=O. The number of benzene rings is 2. The number of hydrogen-bond donors (Lipinski definition) is 2. The number of anilines is 1. The predicted molar refractivity (Wildman–Crippen MR) is 109 cm³/mol. The Balaban J connectivity index is 1.75. The Labute approximate surface area is 170 Å². The lowest BCUT2D eigenvalue weighted by atomic mass is 10.1. The van der Waals surface area contributed by atoms with Gasteiger partial charge >= 0.3 is 6.03 Å². The summed E-state index contributed by atoms with van der Waals surface area (Å²) < 4.78 is 6.07. The lowest BCUT2D eigenvalue weighted by Crippen LogP contribution is -2.38. The Morgan fingerprint density at radius 2 is 2.04 bits per heavy atom. The fraction of sp³-hybridized carbons (Fsp3) is 0.150. The van der Waals surface area contributed by atoms with Gasteiger partial charge in [-0.15, -0.1) is 0 Å². The van der Waals surface area contributed by atoms with Crippen LogP contribution in [0.25, 0.3) is 6.08 Å². The maximum atomic E-state index is 12.6. The van der Waals surface area contributed by atoms with Gasteiger partial charge in [-0.25, -0.2) is 9.69 Å². The highest BCUT2D eigenvalue weighted by Crippen LogP contribution is 2.26. The van der Waals surface area contributed by atoms with Gasteiger partial charge in [0.15, 0.2) is 0 Å². The lowest BCUT2D eigenvalue weighted by Gasteiger charge is -2.12. The topological polar surface area (TPSA) is 87.7 Å². The molecule has 2 N–H and O–H groups in total. The number of halogens is 1. The first-order valence-corrected chi connectivity index (χ1v) is 9.21. The van der Waals surface area contributed by atoms with E-state index in [-0.39, 0.29) is 12.2 Å². The van der Waals surface area contributed by atoms with Crippen molar-refractivity contribution < 1.29 is 19.1 Å². The molecule has 1 aliphatic heterocycles. The highest BCUT2D eigenvalue weighted by atomic mass is 79.9. The molecular weight excluding hydrogens is 426 g/mol. The van der Waals surface area contributed by atoms with Gasteiger partial charge in [-0.05, 0) is 48.9 Å². The van der Waals surface area contributed by atoms with Crippen LogP contribution in [-0.2, 0) is 9.59 Å². The van der Waals surface area contributed by atoms with Crippen LogP contribution in [0.4, 0.5) is 10.5 Å². The van der Waals surface area contributed by atoms with E-state index in [0.717, 1.165) is 14.9 Å². The van der Waals surface area contributed by atoms with E-state index in [1.807, 2.05) is 19.1 Å². The number of hydrogen-bond acceptors (Lipinski definition) is 4. The molecular formula is C20H18BrN3O4. The van der Waals surface area contributed by atoms with Crippen LogP contribution in [0, 0.1) is 6.92 Å². The predicted octanol–water partition coefficient (Wildman–Crippen LogP) is 3.30. The van der Waals surface area contributed by atoms with Crippen LogP contribution in [0.1, 0.15) is 11.1 Å². The number of urea groups is 1. The summed E-state index contributed by atoms with van der Waals surface area (Å²) in [4.78, 5) is 37.9. The van der Waals surface area contributed by atoms with E-state index in [1.165, 1.54) is 13.2 Å². The summed E-state index contributed by atoms with van der Waals surface area (Å²) in [7, 11) is 1.52. The van der Waals surface area contributed by atoms with Crippen LogP contribution < -0.4 is 15.4 Å². The molecule has 28 heavy (non-hydrogen) atoms. The van der Waals surface area contributed by atoms with E-state index in [1.54, 1.807) is 30.3 Å². The molecule has 2 aromatic carbocycles. The quantitative estimate of drug-likeness (QED) is 0.548. The van der Waals surface area contributed by atoms with Gasteiger partial charge in [0.1, 0.15) is 18.0 Å². The Morgan fingerprint density at radius 3 is 2.75 bits per heavy atom. The third kappa shape index (κ3) is 4.40. The second kappa shape index (κ2) is 8.26. The third-order valence-electron chi connectivity index (χ3n) is 4.06. The monoisotopic (exact) mass is 443 g/mol. The number of rotatable bonds is 5. The highest BCUT2D eigenvalue weighted by Gasteiger charge is 2.35. The van der Waals surface area contributed by atoms with Gasteiger partial charge in [-0.2, -0.15) is 0 Å². The summed E-state index contributed by atoms with van der Waals surface area (Å²) in [6.45, 7) is 1.52. The average molecular weight is 444 g/mol. The van der Waals surface area contributed by atoms with Gasteiger partial charge in [-0.1, -0.05) is 28.1 Å². The number of nitrogens with one attached hydrogen (secondary N) is 2. The number of methoxy groups -OCH3 is 1. The molecule has 2 aromatic rings. The fourth-order valence-corrected chi connectivity index (χ4v) is 3.13. The number of carbonyl (C=O) groups is 3. The zero-order chi connectivity index (χ0) is 20.3. The van der Waals surface area contributed by atoms with E-state index in [9.17, 15) is 14.4 Å². The molecule has 7 nitrogen and oxygen atoms in total. The Hall–Kier alpha value is -3.13. The van der Waals surface area contributed by atoms with Crippen LogP contribution in [-0.4, -0.2) is 36.4 Å². The van der Waals surface area contributed by atoms with E-state index in [2.05, 4.69) is 26.6 Å². The molecule has 144 valence electrons. The first-order valence-electron chi connectivity index (χ1n) is 8.42. The summed E-state index contributed by atoms with van der Waals surface area (Å²) >= 11 is 3.36. The number of ether oxygens (including phenoxy) is 1. The molecule has 1 heterocycles. The number of amides is 4. The largest absolute Gasteiger partial charge is 0.496 e. The van der Waals surface area contributed by atoms with Gasteiger partial charge in [0.2, 0.25) is 5.91 Å². The van der Waals surface area contributed by atoms with Gasteiger partial charge in [-0.3, -0.25) is 9.59 Å². The molecule has 1 aliphatic rings. The summed E-state index contributed by atoms with van der Waals surface area (Å²) in [5.74, 6) is -0.491. The molecule has 0 aromatic heterocycles. The van der Waals surface area contributed by atoms with Crippen molar-refractivity contribution in [2.75, 3.05) is 19.0 Å². The van der Waals surface area contributed by atoms with Crippen LogP contribution in [0.5, 0.6) is 5.75 Å². The summed E-state index contributed by atoms with van der Waals surface area (Å²) in [5, 5.41) is 5.18. The Bertz CT molecular complexity index is 987. The van der Waals surface area contributed by atoms with Crippen LogP contribution >= 0.6 is 15.9 Å². The number of imide groups is 1. The van der Waals surface area contributed by atoms with Crippen LogP contribution in [0.15, 0.2) is 52.6 Å². The minimum Gasteiger partial charge on any atom is -0.496 e. The van der Waals surface area contributed by atoms with Crippen molar-refractivity contribution >= 4 is 45.5 Å². The molecule has 0 saturated carbocycles. The van der Waals surface area contributed by atoms with Crippen molar-refractivity contribution in [3.63, 3.8) is 0 Å². The standard InChI is InChI=1S/C20H18BrN3O4/c1-12-4-3-5-15(8-12)22-18(25)11-24-19(26)16(23-20(24)27)10-13-9-14(21)6-7-17(13)28-2/h3-10H,11H2,1-2H3,(H,22,25)(H,23,27)/b16-10+. The summed E-state index contributed by atoms with van der Waals surface area (Å²) in [6.07, 6.45) is 1.52. The Morgan fingerprint density at radius 1 is 1.25 bits per heavy atom. The fourth-order valence-electron chi connectivity index (χ4n) is 2.76. The molecule has 8 heteroatoms. The van der Waals surface area contributed by atoms with Gasteiger partial charge in [0, 0.05) is 15.7 Å². The minimum absolute atomic E-state index is 0.0738. The number of aryl methyl sites for hydroxylation is 1. The zero-order valence-electron chi connectivity index (χ0n) is 15.3. The van der Waals surface area contributed by atoms with Crippen molar-refractivity contribution in [1.29, 1.82) is 0 Å². The average Bonchev–Trinajstić information content (AvgIpc) is 2.89. The molecule has 0 atom stereocenters. The van der Waals surface area contributed by atoms with Crippen molar-refractivity contribution in [3.05, 3.63) is 63.8 Å². The molecule has 0 spiro atoms. The summed E-state index contributed by atoms with van der Waals surface area (Å²) in [5.41, 5.74) is 2.28. The van der Waals surface area contributed by atoms with Crippen LogP contribution in [0.3, 0.4) is 0 Å². The molecule has 0 radical (unpaired) electrons. The lowest BCUT2D eigenvalue weighted by molar-refractivity contribution is -0.127. The van der Waals surface area contributed by atoms with E-state index >= 15 is 0 Å². The van der Waals surface area contributed by atoms with E-state index in [0.29, 0.717) is 17.0 Å². The number of nitrogens with zero attached hydrogens (tertiary/aromatic N) is 1. The minimum atomic E-state index is -0.649. The van der Waals surface area contributed by atoms with E-state index in [4.69, 9.17) is 4.74 Å². The molecule has 3 rings (SSSR count). The molecule has 0 bridgehead atoms. The highest BCUT2D eigenvalue weighted by molar-refractivity contribution is 9.10.